The van der Waals surface area contributed by atoms with Gasteiger partial charge in [0.15, 0.2) is 17.2 Å². The van der Waals surface area contributed by atoms with E-state index >= 15 is 0 Å². The van der Waals surface area contributed by atoms with Crippen LogP contribution >= 0.6 is 0 Å². The number of aromatic nitrogens is 7. The number of carboxylic acid groups (broad SMARTS) is 1. The molecular weight excluding hydrogens is 344 g/mol. The first-order chi connectivity index (χ1) is 12.4. The molecule has 26 heavy (non-hydrogen) atoms. The topological polar surface area (TPSA) is 154 Å². The van der Waals surface area contributed by atoms with Gasteiger partial charge in [-0.1, -0.05) is 10.4 Å². The molecule has 3 heterocycles. The number of carbonyl (C=O) groups excluding carboxylic acids is 1. The fourth-order valence-corrected chi connectivity index (χ4v) is 2.41. The quantitative estimate of drug-likeness (QED) is 0.602. The van der Waals surface area contributed by atoms with Crippen molar-refractivity contribution in [2.24, 2.45) is 7.05 Å². The standard InChI is InChI=1S/C14H16N8O4/c1-7-11(18-20-22(7)6-10-17-8(2)26-19-10)13(23)15-4-9-5-16-21(3)12(9)14(24)25/h5H,4,6H2,1-3H3,(H,15,23)(H,24,25). The first kappa shape index (κ1) is 17.3. The van der Waals surface area contributed by atoms with E-state index in [0.29, 0.717) is 23.0 Å². The normalized spacial score (nSPS) is 10.9. The highest BCUT2D eigenvalue weighted by Crippen LogP contribution is 2.09. The molecule has 0 fully saturated rings. The molecule has 12 nitrogen and oxygen atoms in total. The number of aromatic carboxylic acids is 1. The van der Waals surface area contributed by atoms with Gasteiger partial charge in [-0.05, 0) is 6.92 Å². The molecule has 3 aromatic rings. The van der Waals surface area contributed by atoms with Crippen molar-refractivity contribution in [2.75, 3.05) is 0 Å². The molecule has 12 heteroatoms. The van der Waals surface area contributed by atoms with E-state index in [-0.39, 0.29) is 24.5 Å². The highest BCUT2D eigenvalue weighted by atomic mass is 16.5. The lowest BCUT2D eigenvalue weighted by atomic mass is 10.2. The van der Waals surface area contributed by atoms with Gasteiger partial charge >= 0.3 is 5.97 Å². The minimum absolute atomic E-state index is 0.00461. The molecule has 0 aliphatic carbocycles. The van der Waals surface area contributed by atoms with Crippen molar-refractivity contribution < 1.29 is 19.2 Å². The van der Waals surface area contributed by atoms with Gasteiger partial charge in [0.2, 0.25) is 5.89 Å². The fraction of sp³-hybridized carbons (Fsp3) is 0.357. The van der Waals surface area contributed by atoms with Crippen LogP contribution in [-0.2, 0) is 20.1 Å². The van der Waals surface area contributed by atoms with E-state index in [1.807, 2.05) is 0 Å². The Hall–Kier alpha value is -3.57. The number of rotatable bonds is 6. The van der Waals surface area contributed by atoms with Gasteiger partial charge in [-0.3, -0.25) is 9.48 Å². The van der Waals surface area contributed by atoms with Crippen molar-refractivity contribution in [3.63, 3.8) is 0 Å². The second-order valence-electron chi connectivity index (χ2n) is 5.54. The van der Waals surface area contributed by atoms with Gasteiger partial charge < -0.3 is 14.9 Å². The van der Waals surface area contributed by atoms with E-state index in [2.05, 4.69) is 30.9 Å². The van der Waals surface area contributed by atoms with Crippen molar-refractivity contribution in [3.05, 3.63) is 40.6 Å². The van der Waals surface area contributed by atoms with Gasteiger partial charge in [0.05, 0.1) is 11.9 Å². The lowest BCUT2D eigenvalue weighted by molar-refractivity contribution is 0.0682. The first-order valence-electron chi connectivity index (χ1n) is 7.58. The third kappa shape index (κ3) is 3.29. The van der Waals surface area contributed by atoms with Crippen LogP contribution in [0, 0.1) is 13.8 Å². The summed E-state index contributed by atoms with van der Waals surface area (Å²) in [6, 6.07) is 0. The SMILES string of the molecule is Cc1nc(Cn2nnc(C(=O)NCc3cnn(C)c3C(=O)O)c2C)no1. The Labute approximate surface area is 146 Å². The Balaban J connectivity index is 1.70. The third-order valence-corrected chi connectivity index (χ3v) is 3.71. The number of nitrogens with zero attached hydrogens (tertiary/aromatic N) is 7. The number of hydrogen-bond donors (Lipinski definition) is 2. The highest BCUT2D eigenvalue weighted by molar-refractivity contribution is 5.93. The average molecular weight is 360 g/mol. The van der Waals surface area contributed by atoms with Gasteiger partial charge in [-0.2, -0.15) is 10.1 Å². The van der Waals surface area contributed by atoms with E-state index in [4.69, 9.17) is 4.52 Å². The maximum atomic E-state index is 12.3. The van der Waals surface area contributed by atoms with Crippen molar-refractivity contribution in [1.29, 1.82) is 0 Å². The number of aryl methyl sites for hydroxylation is 2. The maximum absolute atomic E-state index is 12.3. The Morgan fingerprint density at radius 2 is 2.12 bits per heavy atom. The molecule has 0 radical (unpaired) electrons. The molecule has 3 aromatic heterocycles. The monoisotopic (exact) mass is 360 g/mol. The summed E-state index contributed by atoms with van der Waals surface area (Å²) in [5.74, 6) is -0.740. The predicted molar refractivity (Wildman–Crippen MR) is 84.2 cm³/mol. The van der Waals surface area contributed by atoms with Crippen LogP contribution in [0.4, 0.5) is 0 Å². The molecule has 136 valence electrons. The number of carbonyl (C=O) groups is 2. The molecule has 3 rings (SSSR count). The van der Waals surface area contributed by atoms with Crippen molar-refractivity contribution in [3.8, 4) is 0 Å². The van der Waals surface area contributed by atoms with Crippen LogP contribution in [-0.4, -0.2) is 51.9 Å². The summed E-state index contributed by atoms with van der Waals surface area (Å²) in [6.07, 6.45) is 1.39. The summed E-state index contributed by atoms with van der Waals surface area (Å²) in [5.41, 5.74) is 1.05. The van der Waals surface area contributed by atoms with Crippen LogP contribution in [0.3, 0.4) is 0 Å². The Morgan fingerprint density at radius 3 is 2.77 bits per heavy atom. The molecule has 0 unspecified atom stereocenters. The zero-order valence-corrected chi connectivity index (χ0v) is 14.3. The zero-order chi connectivity index (χ0) is 18.8. The van der Waals surface area contributed by atoms with Crippen LogP contribution in [0.5, 0.6) is 0 Å². The molecule has 2 N–H and O–H groups in total. The summed E-state index contributed by atoms with van der Waals surface area (Å²) in [7, 11) is 1.52. The molecule has 1 amide bonds. The predicted octanol–water partition coefficient (Wildman–Crippen LogP) is -0.312. The number of nitrogens with one attached hydrogen (secondary N) is 1. The summed E-state index contributed by atoms with van der Waals surface area (Å²) < 4.78 is 7.61. The summed E-state index contributed by atoms with van der Waals surface area (Å²) >= 11 is 0. The zero-order valence-electron chi connectivity index (χ0n) is 14.3. The average Bonchev–Trinajstić information content (AvgIpc) is 3.26. The van der Waals surface area contributed by atoms with Crippen molar-refractivity contribution in [1.82, 2.24) is 40.2 Å². The smallest absolute Gasteiger partial charge is 0.354 e. The molecule has 0 bridgehead atoms. The molecule has 0 saturated carbocycles. The minimum Gasteiger partial charge on any atom is -0.477 e. The maximum Gasteiger partial charge on any atom is 0.354 e. The van der Waals surface area contributed by atoms with Crippen LogP contribution in [0.25, 0.3) is 0 Å². The summed E-state index contributed by atoms with van der Waals surface area (Å²) in [4.78, 5) is 27.7. The van der Waals surface area contributed by atoms with Gasteiger partial charge in [0, 0.05) is 26.1 Å². The van der Waals surface area contributed by atoms with Crippen molar-refractivity contribution in [2.45, 2.75) is 26.9 Å². The van der Waals surface area contributed by atoms with Gasteiger partial charge in [-0.25, -0.2) is 9.48 Å². The second kappa shape index (κ2) is 6.74. The number of amides is 1. The first-order valence-corrected chi connectivity index (χ1v) is 7.58. The van der Waals surface area contributed by atoms with Crippen LogP contribution < -0.4 is 5.32 Å². The molecule has 0 aromatic carbocycles. The molecule has 0 aliphatic rings. The number of carboxylic acids is 1. The Morgan fingerprint density at radius 1 is 1.35 bits per heavy atom. The van der Waals surface area contributed by atoms with Crippen LogP contribution in [0.15, 0.2) is 10.7 Å². The largest absolute Gasteiger partial charge is 0.477 e. The molecule has 0 aliphatic heterocycles. The Bertz CT molecular complexity index is 970. The van der Waals surface area contributed by atoms with E-state index in [1.54, 1.807) is 13.8 Å². The lowest BCUT2D eigenvalue weighted by Crippen LogP contribution is -2.25. The van der Waals surface area contributed by atoms with Gasteiger partial charge in [0.25, 0.3) is 5.91 Å². The minimum atomic E-state index is -1.12. The summed E-state index contributed by atoms with van der Waals surface area (Å²) in [5, 5.41) is 27.3. The molecule has 0 atom stereocenters. The highest BCUT2D eigenvalue weighted by Gasteiger charge is 2.20. The second-order valence-corrected chi connectivity index (χ2v) is 5.54. The Kier molecular flexibility index (Phi) is 4.47. The molecular formula is C14H16N8O4. The van der Waals surface area contributed by atoms with E-state index in [9.17, 15) is 14.7 Å². The molecule has 0 saturated heterocycles. The lowest BCUT2D eigenvalue weighted by Gasteiger charge is -2.04. The summed E-state index contributed by atoms with van der Waals surface area (Å²) in [6.45, 7) is 3.59. The molecule has 0 spiro atoms. The van der Waals surface area contributed by atoms with Gasteiger partial charge in [0.1, 0.15) is 6.54 Å². The fourth-order valence-electron chi connectivity index (χ4n) is 2.41. The van der Waals surface area contributed by atoms with E-state index in [0.717, 1.165) is 0 Å². The number of hydrogen-bond acceptors (Lipinski definition) is 8. The van der Waals surface area contributed by atoms with Crippen LogP contribution in [0.1, 0.15) is 43.9 Å². The van der Waals surface area contributed by atoms with E-state index < -0.39 is 11.9 Å². The van der Waals surface area contributed by atoms with Crippen LogP contribution in [0.2, 0.25) is 0 Å². The van der Waals surface area contributed by atoms with Crippen molar-refractivity contribution >= 4 is 11.9 Å². The van der Waals surface area contributed by atoms with Gasteiger partial charge in [-0.15, -0.1) is 5.10 Å². The van der Waals surface area contributed by atoms with E-state index in [1.165, 1.54) is 22.6 Å². The third-order valence-electron chi connectivity index (χ3n) is 3.71.